The maximum atomic E-state index is 11.7. The van der Waals surface area contributed by atoms with Gasteiger partial charge in [0.05, 0.1) is 0 Å². The molecule has 2 N–H and O–H groups in total. The van der Waals surface area contributed by atoms with Crippen LogP contribution in [0.15, 0.2) is 10.3 Å². The van der Waals surface area contributed by atoms with E-state index in [2.05, 4.69) is 9.05 Å². The lowest BCUT2D eigenvalue weighted by atomic mass is 10.6. The van der Waals surface area contributed by atoms with E-state index in [4.69, 9.17) is 11.0 Å². The van der Waals surface area contributed by atoms with Gasteiger partial charge in [-0.1, -0.05) is 0 Å². The standard InChI is InChI=1S/C6H11N2O3PS/c1-5(8)6(13-4-7)12(9,10-2)11-3/h8H2,1-3H3/b6-5+. The van der Waals surface area contributed by atoms with Gasteiger partial charge in [-0.25, -0.2) is 0 Å². The van der Waals surface area contributed by atoms with Crippen molar-refractivity contribution in [2.24, 2.45) is 5.73 Å². The van der Waals surface area contributed by atoms with Gasteiger partial charge in [0.15, 0.2) is 0 Å². The molecule has 7 heteroatoms. The molecule has 0 aliphatic heterocycles. The Morgan fingerprint density at radius 3 is 2.23 bits per heavy atom. The van der Waals surface area contributed by atoms with E-state index in [1.54, 1.807) is 5.40 Å². The van der Waals surface area contributed by atoms with Crippen LogP contribution >= 0.6 is 19.4 Å². The van der Waals surface area contributed by atoms with E-state index >= 15 is 0 Å². The van der Waals surface area contributed by atoms with Crippen molar-refractivity contribution >= 4 is 19.4 Å². The Bertz CT molecular complexity index is 285. The topological polar surface area (TPSA) is 85.3 Å². The summed E-state index contributed by atoms with van der Waals surface area (Å²) in [5, 5.41) is 10.2. The first-order chi connectivity index (χ1) is 6.01. The monoisotopic (exact) mass is 222 g/mol. The van der Waals surface area contributed by atoms with Crippen LogP contribution in [0, 0.1) is 10.7 Å². The second-order valence-corrected chi connectivity index (χ2v) is 5.31. The van der Waals surface area contributed by atoms with Crippen LogP contribution in [0.25, 0.3) is 0 Å². The third-order valence-corrected chi connectivity index (χ3v) is 4.57. The zero-order valence-corrected chi connectivity index (χ0v) is 9.32. The van der Waals surface area contributed by atoms with Crippen molar-refractivity contribution < 1.29 is 13.6 Å². The number of nitrogens with zero attached hydrogens (tertiary/aromatic N) is 1. The van der Waals surface area contributed by atoms with Crippen LogP contribution in [0.5, 0.6) is 0 Å². The molecule has 0 aliphatic carbocycles. The number of thiocyanates is 1. The molecule has 0 amide bonds. The summed E-state index contributed by atoms with van der Waals surface area (Å²) in [4.78, 5) is 0. The molecule has 5 nitrogen and oxygen atoms in total. The zero-order valence-electron chi connectivity index (χ0n) is 7.60. The molecule has 0 bridgehead atoms. The fraction of sp³-hybridized carbons (Fsp3) is 0.500. The SMILES string of the molecule is COP(=O)(OC)/C(SC#N)=C(/C)N. The Balaban J connectivity index is 5.09. The number of nitrogens with two attached hydrogens (primary N) is 1. The van der Waals surface area contributed by atoms with Gasteiger partial charge in [0, 0.05) is 31.7 Å². The summed E-state index contributed by atoms with van der Waals surface area (Å²) in [5.41, 5.74) is 5.70. The molecular formula is C6H11N2O3PS. The van der Waals surface area contributed by atoms with E-state index in [1.807, 2.05) is 0 Å². The third kappa shape index (κ3) is 3.05. The van der Waals surface area contributed by atoms with Gasteiger partial charge < -0.3 is 14.8 Å². The van der Waals surface area contributed by atoms with Gasteiger partial charge in [0.25, 0.3) is 0 Å². The molecule has 0 aromatic rings. The summed E-state index contributed by atoms with van der Waals surface area (Å²) >= 11 is 0.688. The molecule has 0 unspecified atom stereocenters. The Labute approximate surface area is 81.4 Å². The number of nitriles is 1. The fourth-order valence-corrected chi connectivity index (χ4v) is 2.81. The largest absolute Gasteiger partial charge is 0.401 e. The highest BCUT2D eigenvalue weighted by Crippen LogP contribution is 2.59. The molecule has 0 rings (SSSR count). The second kappa shape index (κ2) is 5.30. The Kier molecular flexibility index (Phi) is 5.11. The minimum absolute atomic E-state index is 0.139. The minimum Gasteiger partial charge on any atom is -0.401 e. The summed E-state index contributed by atoms with van der Waals surface area (Å²) in [6, 6.07) is 0. The molecule has 0 aromatic carbocycles. The number of hydrogen-bond donors (Lipinski definition) is 1. The molecule has 0 saturated carbocycles. The first-order valence-electron chi connectivity index (χ1n) is 3.26. The summed E-state index contributed by atoms with van der Waals surface area (Å²) in [7, 11) is -0.886. The van der Waals surface area contributed by atoms with E-state index < -0.39 is 7.60 Å². The highest BCUT2D eigenvalue weighted by molar-refractivity contribution is 8.13. The number of rotatable bonds is 4. The van der Waals surface area contributed by atoms with Gasteiger partial charge in [0.2, 0.25) is 0 Å². The van der Waals surface area contributed by atoms with E-state index in [-0.39, 0.29) is 10.3 Å². The van der Waals surface area contributed by atoms with Gasteiger partial charge in [-0.15, -0.1) is 0 Å². The first-order valence-corrected chi connectivity index (χ1v) is 5.62. The van der Waals surface area contributed by atoms with Crippen LogP contribution < -0.4 is 5.73 Å². The molecule has 74 valence electrons. The summed E-state index contributed by atoms with van der Waals surface area (Å²) in [6.45, 7) is 1.53. The molecule has 0 radical (unpaired) electrons. The molecule has 0 atom stereocenters. The molecule has 0 fully saturated rings. The van der Waals surface area contributed by atoms with Gasteiger partial charge in [-0.05, 0) is 6.92 Å². The summed E-state index contributed by atoms with van der Waals surface area (Å²) < 4.78 is 21.2. The van der Waals surface area contributed by atoms with Gasteiger partial charge >= 0.3 is 7.60 Å². The Morgan fingerprint density at radius 1 is 1.54 bits per heavy atom. The maximum absolute atomic E-state index is 11.7. The number of thioether (sulfide) groups is 1. The Hall–Kier alpha value is -0.470. The molecule has 0 spiro atoms. The van der Waals surface area contributed by atoms with Crippen molar-refractivity contribution in [2.45, 2.75) is 6.92 Å². The molecule has 13 heavy (non-hydrogen) atoms. The van der Waals surface area contributed by atoms with Crippen molar-refractivity contribution in [1.29, 1.82) is 5.26 Å². The van der Waals surface area contributed by atoms with E-state index in [1.165, 1.54) is 21.1 Å². The zero-order chi connectivity index (χ0) is 10.5. The highest BCUT2D eigenvalue weighted by atomic mass is 32.2. The van der Waals surface area contributed by atoms with Crippen LogP contribution in [0.2, 0.25) is 0 Å². The predicted octanol–water partition coefficient (Wildman–Crippen LogP) is 1.83. The van der Waals surface area contributed by atoms with Crippen LogP contribution in [0.3, 0.4) is 0 Å². The maximum Gasteiger partial charge on any atom is 0.369 e. The second-order valence-electron chi connectivity index (χ2n) is 2.04. The van der Waals surface area contributed by atoms with Crippen molar-refractivity contribution in [2.75, 3.05) is 14.2 Å². The molecular weight excluding hydrogens is 211 g/mol. The van der Waals surface area contributed by atoms with Crippen LogP contribution in [0.1, 0.15) is 6.92 Å². The minimum atomic E-state index is -3.37. The van der Waals surface area contributed by atoms with E-state index in [0.29, 0.717) is 11.8 Å². The first kappa shape index (κ1) is 12.5. The number of hydrogen-bond acceptors (Lipinski definition) is 6. The van der Waals surface area contributed by atoms with Crippen LogP contribution in [-0.2, 0) is 13.6 Å². The van der Waals surface area contributed by atoms with Crippen LogP contribution in [0.4, 0.5) is 0 Å². The van der Waals surface area contributed by atoms with Crippen molar-refractivity contribution in [3.05, 3.63) is 10.3 Å². The van der Waals surface area contributed by atoms with Gasteiger partial charge in [0.1, 0.15) is 10.0 Å². The summed E-state index contributed by atoms with van der Waals surface area (Å²) in [6.07, 6.45) is 0. The highest BCUT2D eigenvalue weighted by Gasteiger charge is 2.30. The average Bonchev–Trinajstić information content (AvgIpc) is 2.12. The fourth-order valence-electron chi connectivity index (χ4n) is 0.636. The van der Waals surface area contributed by atoms with Crippen molar-refractivity contribution in [3.63, 3.8) is 0 Å². The van der Waals surface area contributed by atoms with Gasteiger partial charge in [-0.2, -0.15) is 5.26 Å². The van der Waals surface area contributed by atoms with Crippen molar-refractivity contribution in [3.8, 4) is 5.40 Å². The molecule has 0 heterocycles. The van der Waals surface area contributed by atoms with E-state index in [9.17, 15) is 4.57 Å². The van der Waals surface area contributed by atoms with Crippen LogP contribution in [-0.4, -0.2) is 14.2 Å². The molecule has 0 saturated heterocycles. The lowest BCUT2D eigenvalue weighted by Gasteiger charge is -2.15. The third-order valence-electron chi connectivity index (χ3n) is 1.21. The molecule has 0 aliphatic rings. The van der Waals surface area contributed by atoms with Crippen molar-refractivity contribution in [1.82, 2.24) is 0 Å². The number of allylic oxidation sites excluding steroid dienone is 1. The van der Waals surface area contributed by atoms with Gasteiger partial charge in [-0.3, -0.25) is 4.57 Å². The summed E-state index contributed by atoms with van der Waals surface area (Å²) in [5.74, 6) is 0. The van der Waals surface area contributed by atoms with E-state index in [0.717, 1.165) is 0 Å². The smallest absolute Gasteiger partial charge is 0.369 e. The quantitative estimate of drug-likeness (QED) is 0.577. The normalized spacial score (nSPS) is 13.4. The Morgan fingerprint density at radius 2 is 2.00 bits per heavy atom. The molecule has 0 aromatic heterocycles. The predicted molar refractivity (Wildman–Crippen MR) is 51.7 cm³/mol. The average molecular weight is 222 g/mol. The lowest BCUT2D eigenvalue weighted by Crippen LogP contribution is -1.99. The lowest BCUT2D eigenvalue weighted by molar-refractivity contribution is 0.285.